The zero-order valence-corrected chi connectivity index (χ0v) is 20.2. The van der Waals surface area contributed by atoms with Crippen molar-refractivity contribution in [1.29, 1.82) is 0 Å². The molecule has 4 rings (SSSR count). The zero-order valence-electron chi connectivity index (χ0n) is 20.2. The predicted molar refractivity (Wildman–Crippen MR) is 134 cm³/mol. The molecule has 3 aromatic rings. The number of benzene rings is 3. The van der Waals surface area contributed by atoms with Crippen LogP contribution in [0.3, 0.4) is 0 Å². The van der Waals surface area contributed by atoms with Crippen molar-refractivity contribution in [2.24, 2.45) is 0 Å². The number of rotatable bonds is 6. The smallest absolute Gasteiger partial charge is 0.0140 e. The molecule has 0 unspecified atom stereocenters. The molecular formula is C30H40. The monoisotopic (exact) mass is 400 g/mol. The van der Waals surface area contributed by atoms with Gasteiger partial charge in [0.25, 0.3) is 0 Å². The van der Waals surface area contributed by atoms with Gasteiger partial charge in [-0.3, -0.25) is 0 Å². The van der Waals surface area contributed by atoms with Gasteiger partial charge < -0.3 is 0 Å². The van der Waals surface area contributed by atoms with Gasteiger partial charge in [-0.15, -0.1) is 0 Å². The minimum Gasteiger partial charge on any atom is -0.0613 e. The van der Waals surface area contributed by atoms with Crippen LogP contribution in [-0.4, -0.2) is 0 Å². The Hall–Kier alpha value is -1.82. The fraction of sp³-hybridized carbons (Fsp3) is 0.533. The second-order valence-electron chi connectivity index (χ2n) is 9.10. The average Bonchev–Trinajstić information content (AvgIpc) is 2.79. The number of hydrogen-bond donors (Lipinski definition) is 0. The van der Waals surface area contributed by atoms with Crippen molar-refractivity contribution < 1.29 is 0 Å². The lowest BCUT2D eigenvalue weighted by Crippen LogP contribution is -2.11. The Kier molecular flexibility index (Phi) is 6.24. The molecule has 0 heterocycles. The summed E-state index contributed by atoms with van der Waals surface area (Å²) in [6.07, 6.45) is 12.2. The average molecular weight is 401 g/mol. The minimum atomic E-state index is 1.13. The summed E-state index contributed by atoms with van der Waals surface area (Å²) >= 11 is 0. The van der Waals surface area contributed by atoms with Crippen molar-refractivity contribution in [1.82, 2.24) is 0 Å². The van der Waals surface area contributed by atoms with E-state index in [1.54, 1.807) is 66.1 Å². The van der Waals surface area contributed by atoms with Crippen molar-refractivity contribution >= 4 is 21.5 Å². The van der Waals surface area contributed by atoms with Crippen molar-refractivity contribution in [2.45, 2.75) is 106 Å². The molecule has 0 aliphatic heterocycles. The van der Waals surface area contributed by atoms with Gasteiger partial charge in [-0.25, -0.2) is 0 Å². The highest BCUT2D eigenvalue weighted by Gasteiger charge is 2.22. The Morgan fingerprint density at radius 1 is 0.433 bits per heavy atom. The van der Waals surface area contributed by atoms with E-state index in [4.69, 9.17) is 0 Å². The van der Waals surface area contributed by atoms with Crippen LogP contribution in [0, 0.1) is 0 Å². The summed E-state index contributed by atoms with van der Waals surface area (Å²) in [7, 11) is 0. The van der Waals surface area contributed by atoms with Gasteiger partial charge in [0.2, 0.25) is 0 Å². The summed E-state index contributed by atoms with van der Waals surface area (Å²) in [5, 5.41) is 6.21. The Labute approximate surface area is 184 Å². The molecule has 0 radical (unpaired) electrons. The lowest BCUT2D eigenvalue weighted by Gasteiger charge is -2.27. The van der Waals surface area contributed by atoms with Crippen molar-refractivity contribution in [3.63, 3.8) is 0 Å². The molecule has 30 heavy (non-hydrogen) atoms. The number of hydrogen-bond acceptors (Lipinski definition) is 0. The van der Waals surface area contributed by atoms with Crippen LogP contribution in [0.15, 0.2) is 12.1 Å². The molecule has 0 saturated heterocycles. The Morgan fingerprint density at radius 2 is 0.733 bits per heavy atom. The Bertz CT molecular complexity index is 942. The summed E-state index contributed by atoms with van der Waals surface area (Å²) in [5.74, 6) is 0. The Morgan fingerprint density at radius 3 is 1.03 bits per heavy atom. The van der Waals surface area contributed by atoms with Crippen LogP contribution in [0.5, 0.6) is 0 Å². The third-order valence-electron chi connectivity index (χ3n) is 7.87. The summed E-state index contributed by atoms with van der Waals surface area (Å²) in [5.41, 5.74) is 13.2. The van der Waals surface area contributed by atoms with Crippen LogP contribution in [0.4, 0.5) is 0 Å². The van der Waals surface area contributed by atoms with Gasteiger partial charge in [0, 0.05) is 0 Å². The molecule has 0 bridgehead atoms. The first-order chi connectivity index (χ1) is 14.6. The Balaban J connectivity index is 2.24. The molecule has 0 aromatic heterocycles. The van der Waals surface area contributed by atoms with Gasteiger partial charge in [0.15, 0.2) is 0 Å². The molecule has 0 nitrogen and oxygen atoms in total. The van der Waals surface area contributed by atoms with Gasteiger partial charge in [-0.1, -0.05) is 41.5 Å². The molecule has 3 aromatic carbocycles. The van der Waals surface area contributed by atoms with Crippen LogP contribution in [-0.2, 0) is 51.4 Å². The van der Waals surface area contributed by atoms with Gasteiger partial charge in [0.1, 0.15) is 0 Å². The van der Waals surface area contributed by atoms with E-state index in [9.17, 15) is 0 Å². The third kappa shape index (κ3) is 3.10. The van der Waals surface area contributed by atoms with Crippen LogP contribution in [0.2, 0.25) is 0 Å². The third-order valence-corrected chi connectivity index (χ3v) is 7.87. The highest BCUT2D eigenvalue weighted by molar-refractivity contribution is 6.05. The maximum Gasteiger partial charge on any atom is -0.0140 e. The minimum absolute atomic E-state index is 1.13. The van der Waals surface area contributed by atoms with E-state index >= 15 is 0 Å². The summed E-state index contributed by atoms with van der Waals surface area (Å²) < 4.78 is 0. The predicted octanol–water partition coefficient (Wildman–Crippen LogP) is 8.25. The zero-order chi connectivity index (χ0) is 21.4. The summed E-state index contributed by atoms with van der Waals surface area (Å²) in [6, 6.07) is 5.24. The molecular weight excluding hydrogens is 360 g/mol. The van der Waals surface area contributed by atoms with Crippen LogP contribution >= 0.6 is 0 Å². The van der Waals surface area contributed by atoms with E-state index in [-0.39, 0.29) is 0 Å². The molecule has 1 aliphatic rings. The first-order valence-electron chi connectivity index (χ1n) is 12.7. The molecule has 0 spiro atoms. The van der Waals surface area contributed by atoms with Crippen LogP contribution in [0.25, 0.3) is 21.5 Å². The normalized spacial score (nSPS) is 13.9. The maximum absolute atomic E-state index is 2.62. The fourth-order valence-electron chi connectivity index (χ4n) is 6.65. The quantitative estimate of drug-likeness (QED) is 0.365. The highest BCUT2D eigenvalue weighted by Crippen LogP contribution is 2.41. The molecule has 0 fully saturated rings. The van der Waals surface area contributed by atoms with Gasteiger partial charge >= 0.3 is 0 Å². The molecule has 0 N–H and O–H groups in total. The molecule has 0 heteroatoms. The van der Waals surface area contributed by atoms with Gasteiger partial charge in [-0.05, 0) is 142 Å². The van der Waals surface area contributed by atoms with Crippen LogP contribution in [0.1, 0.15) is 98.9 Å². The van der Waals surface area contributed by atoms with E-state index in [1.807, 2.05) is 0 Å². The van der Waals surface area contributed by atoms with E-state index in [2.05, 4.69) is 53.7 Å². The first kappa shape index (κ1) is 21.4. The van der Waals surface area contributed by atoms with E-state index < -0.39 is 0 Å². The number of fused-ring (bicyclic) bond motifs is 3. The highest BCUT2D eigenvalue weighted by atomic mass is 14.3. The van der Waals surface area contributed by atoms with Crippen molar-refractivity contribution in [3.8, 4) is 0 Å². The molecule has 0 atom stereocenters. The van der Waals surface area contributed by atoms with Crippen LogP contribution < -0.4 is 0 Å². The standard InChI is InChI=1S/C30H40/c1-7-19-20(8-2)22(10-4)28-18-30-24(12-6)26-16-14-13-15-25(26)23(11-5)29(30)17-27(28)21(19)9-3/h17-18H,7-16H2,1-6H3. The second kappa shape index (κ2) is 8.74. The second-order valence-corrected chi connectivity index (χ2v) is 9.10. The molecule has 0 saturated carbocycles. The molecule has 160 valence electrons. The van der Waals surface area contributed by atoms with Gasteiger partial charge in [-0.2, -0.15) is 0 Å². The van der Waals surface area contributed by atoms with Crippen molar-refractivity contribution in [3.05, 3.63) is 56.6 Å². The maximum atomic E-state index is 2.62. The van der Waals surface area contributed by atoms with E-state index in [1.165, 1.54) is 25.7 Å². The SMILES string of the molecule is CCc1c(CC)c(CC)c2cc3c(CC)c4c(c(CC)c3cc2c1CC)CCCC4. The molecule has 0 amide bonds. The summed E-state index contributed by atoms with van der Waals surface area (Å²) in [6.45, 7) is 14.2. The topological polar surface area (TPSA) is 0 Å². The lowest BCUT2D eigenvalue weighted by molar-refractivity contribution is 0.675. The fourth-order valence-corrected chi connectivity index (χ4v) is 6.65. The largest absolute Gasteiger partial charge is 0.0613 e. The summed E-state index contributed by atoms with van der Waals surface area (Å²) in [4.78, 5) is 0. The lowest BCUT2D eigenvalue weighted by atomic mass is 9.78. The molecule has 1 aliphatic carbocycles. The number of aryl methyl sites for hydroxylation is 4. The van der Waals surface area contributed by atoms with E-state index in [0.29, 0.717) is 0 Å². The van der Waals surface area contributed by atoms with E-state index in [0.717, 1.165) is 38.5 Å². The van der Waals surface area contributed by atoms with Gasteiger partial charge in [0.05, 0.1) is 0 Å². The first-order valence-corrected chi connectivity index (χ1v) is 12.7. The van der Waals surface area contributed by atoms with Crippen molar-refractivity contribution in [2.75, 3.05) is 0 Å².